The van der Waals surface area contributed by atoms with Crippen LogP contribution in [0.3, 0.4) is 0 Å². The van der Waals surface area contributed by atoms with E-state index in [1.54, 1.807) is 12.5 Å². The number of hydrogen-bond acceptors (Lipinski definition) is 4. The van der Waals surface area contributed by atoms with E-state index in [0.29, 0.717) is 17.7 Å². The Hall–Kier alpha value is -3.52. The van der Waals surface area contributed by atoms with Crippen molar-refractivity contribution in [1.29, 1.82) is 0 Å². The third-order valence-corrected chi connectivity index (χ3v) is 5.52. The second-order valence-electron chi connectivity index (χ2n) is 7.47. The molecule has 2 heterocycles. The summed E-state index contributed by atoms with van der Waals surface area (Å²) in [6, 6.07) is 16.0. The molecule has 7 nitrogen and oxygen atoms in total. The molecule has 0 unspecified atom stereocenters. The first-order valence-electron chi connectivity index (χ1n) is 10.1. The number of benzene rings is 2. The maximum Gasteiger partial charge on any atom is 0.222 e. The van der Waals surface area contributed by atoms with E-state index in [1.165, 1.54) is 5.56 Å². The first-order chi connectivity index (χ1) is 15.0. The van der Waals surface area contributed by atoms with Gasteiger partial charge in [-0.15, -0.1) is 0 Å². The van der Waals surface area contributed by atoms with Crippen LogP contribution in [0.2, 0.25) is 0 Å². The van der Waals surface area contributed by atoms with Gasteiger partial charge in [-0.25, -0.2) is 4.98 Å². The number of aromatic amines is 1. The van der Waals surface area contributed by atoms with Crippen LogP contribution in [-0.4, -0.2) is 30.2 Å². The predicted molar refractivity (Wildman–Crippen MR) is 122 cm³/mol. The van der Waals surface area contributed by atoms with E-state index in [4.69, 9.17) is 12.2 Å². The first-order valence-corrected chi connectivity index (χ1v) is 10.5. The number of rotatable bonds is 7. The molecular weight excluding hydrogens is 408 g/mol. The van der Waals surface area contributed by atoms with E-state index >= 15 is 0 Å². The van der Waals surface area contributed by atoms with Crippen molar-refractivity contribution >= 4 is 18.1 Å². The Morgan fingerprint density at radius 3 is 2.58 bits per heavy atom. The van der Waals surface area contributed by atoms with Gasteiger partial charge in [0, 0.05) is 36.6 Å². The molecule has 0 saturated carbocycles. The fourth-order valence-corrected chi connectivity index (χ4v) is 3.63. The second kappa shape index (κ2) is 9.09. The van der Waals surface area contributed by atoms with Gasteiger partial charge in [0.05, 0.1) is 12.4 Å². The minimum atomic E-state index is -0.0989. The third-order valence-electron chi connectivity index (χ3n) is 5.20. The normalized spacial score (nSPS) is 11.9. The molecule has 8 heteroatoms. The van der Waals surface area contributed by atoms with Crippen molar-refractivity contribution in [3.8, 4) is 17.1 Å². The molecule has 2 N–H and O–H groups in total. The molecular formula is C23H24N6OS. The van der Waals surface area contributed by atoms with Crippen LogP contribution in [0, 0.1) is 11.7 Å². The van der Waals surface area contributed by atoms with Gasteiger partial charge in [0.25, 0.3) is 0 Å². The molecule has 4 aromatic rings. The SMILES string of the molecule is Cc1ccc(-c2n[nH]c(=S)n2CCC(=O)N[C@@H](C)c2ccc(-n3ccnc3)cc2)cc1. The highest BCUT2D eigenvalue weighted by molar-refractivity contribution is 7.71. The van der Waals surface area contributed by atoms with E-state index < -0.39 is 0 Å². The Kier molecular flexibility index (Phi) is 6.08. The van der Waals surface area contributed by atoms with Gasteiger partial charge < -0.3 is 9.88 Å². The van der Waals surface area contributed by atoms with Crippen LogP contribution in [0.4, 0.5) is 0 Å². The monoisotopic (exact) mass is 432 g/mol. The number of H-pyrrole nitrogens is 1. The number of hydrogen-bond donors (Lipinski definition) is 2. The van der Waals surface area contributed by atoms with Gasteiger partial charge in [0.15, 0.2) is 10.6 Å². The average Bonchev–Trinajstić information content (AvgIpc) is 3.43. The number of carbonyl (C=O) groups is 1. The smallest absolute Gasteiger partial charge is 0.222 e. The topological polar surface area (TPSA) is 80.5 Å². The van der Waals surface area contributed by atoms with Crippen LogP contribution < -0.4 is 5.32 Å². The van der Waals surface area contributed by atoms with Gasteiger partial charge in [-0.2, -0.15) is 5.10 Å². The molecule has 0 aliphatic heterocycles. The third kappa shape index (κ3) is 4.80. The summed E-state index contributed by atoms with van der Waals surface area (Å²) in [6.45, 7) is 4.47. The number of carbonyl (C=O) groups excluding carboxylic acids is 1. The summed E-state index contributed by atoms with van der Waals surface area (Å²) in [5.41, 5.74) is 4.20. The van der Waals surface area contributed by atoms with Gasteiger partial charge in [-0.05, 0) is 43.8 Å². The Labute approximate surface area is 185 Å². The Bertz CT molecular complexity index is 1210. The summed E-state index contributed by atoms with van der Waals surface area (Å²) in [4.78, 5) is 16.6. The van der Waals surface area contributed by atoms with Gasteiger partial charge in [0.1, 0.15) is 0 Å². The summed E-state index contributed by atoms with van der Waals surface area (Å²) in [7, 11) is 0. The van der Waals surface area contributed by atoms with E-state index in [9.17, 15) is 4.79 Å². The van der Waals surface area contributed by atoms with Crippen LogP contribution in [-0.2, 0) is 11.3 Å². The molecule has 31 heavy (non-hydrogen) atoms. The van der Waals surface area contributed by atoms with Crippen molar-refractivity contribution in [2.75, 3.05) is 0 Å². The fraction of sp³-hybridized carbons (Fsp3) is 0.217. The summed E-state index contributed by atoms with van der Waals surface area (Å²) >= 11 is 5.37. The second-order valence-corrected chi connectivity index (χ2v) is 7.86. The molecule has 1 atom stereocenters. The van der Waals surface area contributed by atoms with Crippen LogP contribution in [0.15, 0.2) is 67.3 Å². The highest BCUT2D eigenvalue weighted by Gasteiger charge is 2.13. The minimum Gasteiger partial charge on any atom is -0.350 e. The standard InChI is InChI=1S/C23H24N6OS/c1-16-3-5-19(6-4-16)22-26-27-23(31)29(22)13-11-21(30)25-17(2)18-7-9-20(10-8-18)28-14-12-24-15-28/h3-10,12,14-15,17H,11,13H2,1-2H3,(H,25,30)(H,27,31)/t17-/m0/s1. The fourth-order valence-electron chi connectivity index (χ4n) is 3.41. The molecule has 0 aliphatic rings. The zero-order valence-corrected chi connectivity index (χ0v) is 18.3. The Balaban J connectivity index is 1.38. The van der Waals surface area contributed by atoms with E-state index in [2.05, 4.69) is 20.5 Å². The van der Waals surface area contributed by atoms with Crippen molar-refractivity contribution < 1.29 is 4.79 Å². The van der Waals surface area contributed by atoms with Crippen molar-refractivity contribution in [2.24, 2.45) is 0 Å². The highest BCUT2D eigenvalue weighted by atomic mass is 32.1. The van der Waals surface area contributed by atoms with E-state index in [-0.39, 0.29) is 11.9 Å². The lowest BCUT2D eigenvalue weighted by Crippen LogP contribution is -2.27. The molecule has 0 bridgehead atoms. The van der Waals surface area contributed by atoms with Gasteiger partial charge >= 0.3 is 0 Å². The summed E-state index contributed by atoms with van der Waals surface area (Å²) < 4.78 is 4.31. The van der Waals surface area contributed by atoms with Crippen LogP contribution in [0.25, 0.3) is 17.1 Å². The number of aromatic nitrogens is 5. The maximum atomic E-state index is 12.6. The van der Waals surface area contributed by atoms with Crippen molar-refractivity contribution in [2.45, 2.75) is 32.9 Å². The first kappa shape index (κ1) is 20.7. The van der Waals surface area contributed by atoms with Crippen molar-refractivity contribution in [3.05, 3.63) is 83.1 Å². The lowest BCUT2D eigenvalue weighted by atomic mass is 10.1. The van der Waals surface area contributed by atoms with Gasteiger partial charge in [-0.1, -0.05) is 42.0 Å². The highest BCUT2D eigenvalue weighted by Crippen LogP contribution is 2.19. The quantitative estimate of drug-likeness (QED) is 0.425. The number of amides is 1. The Morgan fingerprint density at radius 1 is 1.16 bits per heavy atom. The molecule has 2 aromatic heterocycles. The van der Waals surface area contributed by atoms with E-state index in [0.717, 1.165) is 22.6 Å². The molecule has 0 spiro atoms. The molecule has 4 rings (SSSR count). The van der Waals surface area contributed by atoms with Crippen LogP contribution >= 0.6 is 12.2 Å². The average molecular weight is 433 g/mol. The molecule has 158 valence electrons. The molecule has 0 fully saturated rings. The number of aryl methyl sites for hydroxylation is 1. The Morgan fingerprint density at radius 2 is 1.90 bits per heavy atom. The number of imidazole rings is 1. The van der Waals surface area contributed by atoms with Gasteiger partial charge in [0.2, 0.25) is 5.91 Å². The maximum absolute atomic E-state index is 12.6. The largest absolute Gasteiger partial charge is 0.350 e. The van der Waals surface area contributed by atoms with Gasteiger partial charge in [-0.3, -0.25) is 14.5 Å². The zero-order valence-electron chi connectivity index (χ0n) is 17.4. The summed E-state index contributed by atoms with van der Waals surface area (Å²) in [6.07, 6.45) is 5.70. The van der Waals surface area contributed by atoms with E-state index in [1.807, 2.05) is 77.7 Å². The molecule has 1 amide bonds. The molecule has 0 aliphatic carbocycles. The predicted octanol–water partition coefficient (Wildman–Crippen LogP) is 4.37. The van der Waals surface area contributed by atoms with Crippen LogP contribution in [0.1, 0.15) is 30.5 Å². The molecule has 0 radical (unpaired) electrons. The lowest BCUT2D eigenvalue weighted by Gasteiger charge is -2.15. The molecule has 2 aromatic carbocycles. The minimum absolute atomic E-state index is 0.0378. The number of nitrogens with one attached hydrogen (secondary N) is 2. The van der Waals surface area contributed by atoms with Crippen LogP contribution in [0.5, 0.6) is 0 Å². The zero-order chi connectivity index (χ0) is 21.8. The van der Waals surface area contributed by atoms with Crippen molar-refractivity contribution in [3.63, 3.8) is 0 Å². The lowest BCUT2D eigenvalue weighted by molar-refractivity contribution is -0.121. The van der Waals surface area contributed by atoms with Crippen molar-refractivity contribution in [1.82, 2.24) is 29.6 Å². The summed E-state index contributed by atoms with van der Waals surface area (Å²) in [5, 5.41) is 10.2. The molecule has 0 saturated heterocycles. The number of nitrogens with zero attached hydrogens (tertiary/aromatic N) is 4. The summed E-state index contributed by atoms with van der Waals surface area (Å²) in [5.74, 6) is 0.699.